The Morgan fingerprint density at radius 2 is 2.14 bits per heavy atom. The van der Waals surface area contributed by atoms with E-state index in [1.54, 1.807) is 18.4 Å². The van der Waals surface area contributed by atoms with Gasteiger partial charge in [0.1, 0.15) is 5.60 Å². The average Bonchev–Trinajstić information content (AvgIpc) is 2.80. The molecule has 1 heterocycles. The van der Waals surface area contributed by atoms with E-state index in [1.165, 1.54) is 10.4 Å². The number of rotatable bonds is 3. The molecule has 1 N–H and O–H groups in total. The summed E-state index contributed by atoms with van der Waals surface area (Å²) < 4.78 is 10.8. The van der Waals surface area contributed by atoms with Gasteiger partial charge in [-0.05, 0) is 51.2 Å². The van der Waals surface area contributed by atoms with Crippen molar-refractivity contribution in [3.05, 3.63) is 21.4 Å². The van der Waals surface area contributed by atoms with E-state index in [2.05, 4.69) is 18.3 Å². The van der Waals surface area contributed by atoms with E-state index < -0.39 is 5.60 Å². The molecule has 1 aliphatic carbocycles. The zero-order chi connectivity index (χ0) is 15.6. The van der Waals surface area contributed by atoms with Crippen molar-refractivity contribution in [3.63, 3.8) is 0 Å². The Balaban J connectivity index is 2.01. The minimum Gasteiger partial charge on any atom is -0.444 e. The second-order valence-corrected chi connectivity index (χ2v) is 7.76. The van der Waals surface area contributed by atoms with Crippen molar-refractivity contribution in [2.45, 2.75) is 64.7 Å². The molecule has 0 bridgehead atoms. The van der Waals surface area contributed by atoms with Gasteiger partial charge in [0.25, 0.3) is 0 Å². The van der Waals surface area contributed by atoms with Crippen LogP contribution in [0.3, 0.4) is 0 Å². The highest BCUT2D eigenvalue weighted by molar-refractivity contribution is 7.12. The Morgan fingerprint density at radius 1 is 1.43 bits per heavy atom. The van der Waals surface area contributed by atoms with Crippen molar-refractivity contribution >= 4 is 17.4 Å². The average molecular weight is 311 g/mol. The molecule has 2 rings (SSSR count). The number of fused-ring (bicyclic) bond motifs is 1. The summed E-state index contributed by atoms with van der Waals surface area (Å²) >= 11 is 1.77. The lowest BCUT2D eigenvalue weighted by Gasteiger charge is -2.25. The van der Waals surface area contributed by atoms with Crippen LogP contribution in [0.25, 0.3) is 0 Å². The molecular formula is C16H25NO3S. The normalized spacial score (nSPS) is 21.8. The van der Waals surface area contributed by atoms with E-state index in [4.69, 9.17) is 9.47 Å². The Morgan fingerprint density at radius 3 is 2.76 bits per heavy atom. The van der Waals surface area contributed by atoms with Gasteiger partial charge < -0.3 is 14.8 Å². The summed E-state index contributed by atoms with van der Waals surface area (Å²) in [6.45, 7) is 8.35. The van der Waals surface area contributed by atoms with Gasteiger partial charge in [0, 0.05) is 16.9 Å². The molecule has 0 saturated carbocycles. The van der Waals surface area contributed by atoms with Crippen LogP contribution in [0.2, 0.25) is 0 Å². The number of thiophene rings is 1. The van der Waals surface area contributed by atoms with Crippen molar-refractivity contribution in [1.29, 1.82) is 0 Å². The Labute approximate surface area is 130 Å². The number of amides is 1. The molecule has 0 fully saturated rings. The second-order valence-electron chi connectivity index (χ2n) is 6.59. The first-order chi connectivity index (χ1) is 9.80. The minimum atomic E-state index is -0.464. The third kappa shape index (κ3) is 4.20. The number of hydrogen-bond donors (Lipinski definition) is 1. The maximum absolute atomic E-state index is 11.7. The summed E-state index contributed by atoms with van der Waals surface area (Å²) in [5, 5.41) is 2.82. The van der Waals surface area contributed by atoms with Crippen LogP contribution in [0.5, 0.6) is 0 Å². The van der Waals surface area contributed by atoms with Gasteiger partial charge in [0.05, 0.1) is 12.6 Å². The van der Waals surface area contributed by atoms with Crippen LogP contribution in [0.15, 0.2) is 6.07 Å². The lowest BCUT2D eigenvalue weighted by Crippen LogP contribution is -2.31. The van der Waals surface area contributed by atoms with E-state index in [9.17, 15) is 4.79 Å². The Hall–Kier alpha value is -1.07. The molecule has 5 heteroatoms. The van der Waals surface area contributed by atoms with E-state index in [0.29, 0.717) is 12.5 Å². The Kier molecular flexibility index (Phi) is 4.94. The summed E-state index contributed by atoms with van der Waals surface area (Å²) in [5.74, 6) is 0.576. The highest BCUT2D eigenvalue weighted by Crippen LogP contribution is 2.43. The fraction of sp³-hybridized carbons (Fsp3) is 0.688. The van der Waals surface area contributed by atoms with Gasteiger partial charge in [-0.3, -0.25) is 0 Å². The lowest BCUT2D eigenvalue weighted by molar-refractivity contribution is 0.0524. The number of nitrogens with one attached hydrogen (secondary N) is 1. The summed E-state index contributed by atoms with van der Waals surface area (Å²) in [5.41, 5.74) is 0.830. The summed E-state index contributed by atoms with van der Waals surface area (Å²) in [6, 6.07) is 2.17. The van der Waals surface area contributed by atoms with Gasteiger partial charge in [-0.15, -0.1) is 11.3 Å². The maximum atomic E-state index is 11.7. The van der Waals surface area contributed by atoms with Gasteiger partial charge in [-0.25, -0.2) is 4.79 Å². The summed E-state index contributed by atoms with van der Waals surface area (Å²) in [4.78, 5) is 14.3. The molecule has 21 heavy (non-hydrogen) atoms. The first-order valence-corrected chi connectivity index (χ1v) is 8.24. The van der Waals surface area contributed by atoms with E-state index in [1.807, 2.05) is 20.8 Å². The van der Waals surface area contributed by atoms with E-state index in [0.717, 1.165) is 17.7 Å². The zero-order valence-corrected chi connectivity index (χ0v) is 14.3. The van der Waals surface area contributed by atoms with Crippen LogP contribution in [-0.2, 0) is 16.0 Å². The standard InChI is InChI=1S/C16H25NO3S/c1-10-6-7-13(19-5)12-8-11(21-14(10)12)9-17-15(18)20-16(2,3)4/h8,10,13H,6-7,9H2,1-5H3,(H,17,18). The molecule has 2 atom stereocenters. The number of alkyl carbamates (subject to hydrolysis) is 1. The first-order valence-electron chi connectivity index (χ1n) is 7.42. The highest BCUT2D eigenvalue weighted by Gasteiger charge is 2.27. The molecule has 1 aromatic heterocycles. The molecule has 2 unspecified atom stereocenters. The van der Waals surface area contributed by atoms with Gasteiger partial charge in [-0.2, -0.15) is 0 Å². The maximum Gasteiger partial charge on any atom is 0.407 e. The minimum absolute atomic E-state index is 0.197. The predicted molar refractivity (Wildman–Crippen MR) is 84.8 cm³/mol. The molecule has 0 aromatic carbocycles. The van der Waals surface area contributed by atoms with Crippen LogP contribution in [0.1, 0.15) is 67.9 Å². The third-order valence-corrected chi connectivity index (χ3v) is 4.97. The smallest absolute Gasteiger partial charge is 0.407 e. The molecule has 1 amide bonds. The van der Waals surface area contributed by atoms with Crippen LogP contribution < -0.4 is 5.32 Å². The van der Waals surface area contributed by atoms with Crippen molar-refractivity contribution in [1.82, 2.24) is 5.32 Å². The van der Waals surface area contributed by atoms with Gasteiger partial charge in [0.15, 0.2) is 0 Å². The fourth-order valence-electron chi connectivity index (χ4n) is 2.60. The zero-order valence-electron chi connectivity index (χ0n) is 13.5. The number of ether oxygens (including phenoxy) is 2. The first kappa shape index (κ1) is 16.3. The molecule has 0 aliphatic heterocycles. The molecule has 0 saturated heterocycles. The van der Waals surface area contributed by atoms with E-state index in [-0.39, 0.29) is 12.2 Å². The monoisotopic (exact) mass is 311 g/mol. The molecule has 118 valence electrons. The van der Waals surface area contributed by atoms with Crippen molar-refractivity contribution in [3.8, 4) is 0 Å². The van der Waals surface area contributed by atoms with Crippen LogP contribution in [0.4, 0.5) is 4.79 Å². The molecular weight excluding hydrogens is 286 g/mol. The molecule has 4 nitrogen and oxygen atoms in total. The van der Waals surface area contributed by atoms with Crippen molar-refractivity contribution < 1.29 is 14.3 Å². The number of carbonyl (C=O) groups is 1. The second kappa shape index (κ2) is 6.36. The number of carbonyl (C=O) groups excluding carboxylic acids is 1. The van der Waals surface area contributed by atoms with Gasteiger partial charge in [-0.1, -0.05) is 6.92 Å². The van der Waals surface area contributed by atoms with Gasteiger partial charge >= 0.3 is 6.09 Å². The van der Waals surface area contributed by atoms with Crippen LogP contribution in [-0.4, -0.2) is 18.8 Å². The van der Waals surface area contributed by atoms with E-state index >= 15 is 0 Å². The fourth-order valence-corrected chi connectivity index (χ4v) is 3.84. The topological polar surface area (TPSA) is 47.6 Å². The molecule has 1 aliphatic rings. The van der Waals surface area contributed by atoms with Crippen LogP contribution >= 0.6 is 11.3 Å². The quantitative estimate of drug-likeness (QED) is 0.902. The third-order valence-electron chi connectivity index (χ3n) is 3.59. The molecule has 0 spiro atoms. The summed E-state index contributed by atoms with van der Waals surface area (Å²) in [6.07, 6.45) is 2.05. The number of hydrogen-bond acceptors (Lipinski definition) is 4. The van der Waals surface area contributed by atoms with Crippen molar-refractivity contribution in [2.75, 3.05) is 7.11 Å². The number of methoxy groups -OCH3 is 1. The molecule has 0 radical (unpaired) electrons. The van der Waals surface area contributed by atoms with Crippen LogP contribution in [0, 0.1) is 0 Å². The SMILES string of the molecule is COC1CCC(C)c2sc(CNC(=O)OC(C)(C)C)cc21. The Bertz CT molecular complexity index is 504. The summed E-state index contributed by atoms with van der Waals surface area (Å²) in [7, 11) is 1.76. The predicted octanol–water partition coefficient (Wildman–Crippen LogP) is 4.36. The highest BCUT2D eigenvalue weighted by atomic mass is 32.1. The van der Waals surface area contributed by atoms with Crippen molar-refractivity contribution in [2.24, 2.45) is 0 Å². The van der Waals surface area contributed by atoms with Gasteiger partial charge in [0.2, 0.25) is 0 Å². The largest absolute Gasteiger partial charge is 0.444 e. The lowest BCUT2D eigenvalue weighted by atomic mass is 9.88. The molecule has 1 aromatic rings.